The van der Waals surface area contributed by atoms with E-state index in [1.807, 2.05) is 32.0 Å². The van der Waals surface area contributed by atoms with Gasteiger partial charge in [0.05, 0.1) is 6.61 Å². The maximum atomic E-state index is 12.2. The first-order valence-corrected chi connectivity index (χ1v) is 6.18. The van der Waals surface area contributed by atoms with Gasteiger partial charge in [0.25, 0.3) is 0 Å². The van der Waals surface area contributed by atoms with Crippen LogP contribution in [0.1, 0.15) is 30.9 Å². The molecule has 0 radical (unpaired) electrons. The second-order valence-corrected chi connectivity index (χ2v) is 4.53. The van der Waals surface area contributed by atoms with E-state index in [2.05, 4.69) is 11.4 Å². The summed E-state index contributed by atoms with van der Waals surface area (Å²) in [5, 5.41) is 3.32. The Morgan fingerprint density at radius 1 is 1.53 bits per heavy atom. The second kappa shape index (κ2) is 4.88. The number of ether oxygens (including phenoxy) is 1. The third-order valence-corrected chi connectivity index (χ3v) is 3.29. The minimum Gasteiger partial charge on any atom is -0.464 e. The summed E-state index contributed by atoms with van der Waals surface area (Å²) in [6.07, 6.45) is 1.82. The van der Waals surface area contributed by atoms with Crippen LogP contribution in [0.5, 0.6) is 0 Å². The zero-order valence-electron chi connectivity index (χ0n) is 10.5. The van der Waals surface area contributed by atoms with Crippen LogP contribution in [0, 0.1) is 6.92 Å². The van der Waals surface area contributed by atoms with Crippen LogP contribution in [0.15, 0.2) is 24.3 Å². The van der Waals surface area contributed by atoms with Crippen molar-refractivity contribution in [3.8, 4) is 0 Å². The molecule has 0 aliphatic carbocycles. The van der Waals surface area contributed by atoms with Crippen molar-refractivity contribution in [1.82, 2.24) is 5.32 Å². The van der Waals surface area contributed by atoms with Crippen molar-refractivity contribution in [1.29, 1.82) is 0 Å². The second-order valence-electron chi connectivity index (χ2n) is 4.53. The molecule has 1 saturated heterocycles. The van der Waals surface area contributed by atoms with E-state index in [0.717, 1.165) is 24.9 Å². The Bertz CT molecular complexity index is 408. The summed E-state index contributed by atoms with van der Waals surface area (Å²) in [5.41, 5.74) is 1.57. The molecule has 1 atom stereocenters. The van der Waals surface area contributed by atoms with E-state index in [4.69, 9.17) is 4.74 Å². The summed E-state index contributed by atoms with van der Waals surface area (Å²) >= 11 is 0. The molecule has 1 aromatic carbocycles. The number of hydrogen-bond donors (Lipinski definition) is 1. The van der Waals surface area contributed by atoms with Gasteiger partial charge in [0, 0.05) is 0 Å². The summed E-state index contributed by atoms with van der Waals surface area (Å²) in [4.78, 5) is 12.2. The van der Waals surface area contributed by atoms with E-state index in [-0.39, 0.29) is 5.97 Å². The zero-order chi connectivity index (χ0) is 12.3. The summed E-state index contributed by atoms with van der Waals surface area (Å²) in [7, 11) is 0. The number of benzene rings is 1. The summed E-state index contributed by atoms with van der Waals surface area (Å²) < 4.78 is 5.22. The van der Waals surface area contributed by atoms with Crippen LogP contribution in [0.3, 0.4) is 0 Å². The van der Waals surface area contributed by atoms with E-state index < -0.39 is 5.54 Å². The monoisotopic (exact) mass is 233 g/mol. The Hall–Kier alpha value is -1.35. The van der Waals surface area contributed by atoms with Crippen LogP contribution in [-0.2, 0) is 15.1 Å². The Morgan fingerprint density at radius 2 is 2.35 bits per heavy atom. The molecule has 1 unspecified atom stereocenters. The molecule has 0 aromatic heterocycles. The molecule has 1 heterocycles. The molecule has 1 aromatic rings. The molecular formula is C14H19NO2. The topological polar surface area (TPSA) is 38.3 Å². The highest BCUT2D eigenvalue weighted by molar-refractivity contribution is 5.83. The SMILES string of the molecule is CCOC(=O)C1(c2cccc(C)c2)CCCN1. The minimum absolute atomic E-state index is 0.150. The predicted octanol–water partition coefficient (Wildman–Crippen LogP) is 2.14. The number of aryl methyl sites for hydroxylation is 1. The minimum atomic E-state index is -0.623. The van der Waals surface area contributed by atoms with E-state index >= 15 is 0 Å². The summed E-state index contributed by atoms with van der Waals surface area (Å²) in [6, 6.07) is 8.10. The van der Waals surface area contributed by atoms with Crippen LogP contribution in [0.2, 0.25) is 0 Å². The molecule has 0 bridgehead atoms. The maximum Gasteiger partial charge on any atom is 0.330 e. The van der Waals surface area contributed by atoms with Gasteiger partial charge < -0.3 is 4.74 Å². The molecule has 1 fully saturated rings. The number of carbonyl (C=O) groups is 1. The normalized spacial score (nSPS) is 23.6. The maximum absolute atomic E-state index is 12.2. The number of esters is 1. The van der Waals surface area contributed by atoms with Crippen LogP contribution >= 0.6 is 0 Å². The van der Waals surface area contributed by atoms with Gasteiger partial charge in [-0.2, -0.15) is 0 Å². The number of carbonyl (C=O) groups excluding carboxylic acids is 1. The molecule has 0 amide bonds. The van der Waals surface area contributed by atoms with Gasteiger partial charge in [-0.05, 0) is 38.8 Å². The molecule has 1 aliphatic rings. The molecule has 0 saturated carbocycles. The Kier molecular flexibility index (Phi) is 3.48. The fourth-order valence-electron chi connectivity index (χ4n) is 2.45. The van der Waals surface area contributed by atoms with Crippen LogP contribution in [0.25, 0.3) is 0 Å². The van der Waals surface area contributed by atoms with Gasteiger partial charge in [-0.25, -0.2) is 4.79 Å². The van der Waals surface area contributed by atoms with Gasteiger partial charge in [-0.1, -0.05) is 29.8 Å². The Labute approximate surface area is 102 Å². The fraction of sp³-hybridized carbons (Fsp3) is 0.500. The third kappa shape index (κ3) is 2.20. The quantitative estimate of drug-likeness (QED) is 0.813. The first kappa shape index (κ1) is 12.1. The summed E-state index contributed by atoms with van der Waals surface area (Å²) in [5.74, 6) is -0.150. The molecular weight excluding hydrogens is 214 g/mol. The molecule has 0 spiro atoms. The molecule has 3 heteroatoms. The van der Waals surface area contributed by atoms with E-state index in [0.29, 0.717) is 6.61 Å². The van der Waals surface area contributed by atoms with Crippen LogP contribution in [0.4, 0.5) is 0 Å². The predicted molar refractivity (Wildman–Crippen MR) is 66.7 cm³/mol. The average Bonchev–Trinajstić information content (AvgIpc) is 2.79. The first-order chi connectivity index (χ1) is 8.19. The molecule has 2 rings (SSSR count). The van der Waals surface area contributed by atoms with Gasteiger partial charge in [0.2, 0.25) is 0 Å². The van der Waals surface area contributed by atoms with E-state index in [1.54, 1.807) is 0 Å². The van der Waals surface area contributed by atoms with Crippen molar-refractivity contribution in [3.05, 3.63) is 35.4 Å². The largest absolute Gasteiger partial charge is 0.464 e. The van der Waals surface area contributed by atoms with Gasteiger partial charge in [-0.15, -0.1) is 0 Å². The third-order valence-electron chi connectivity index (χ3n) is 3.29. The highest BCUT2D eigenvalue weighted by atomic mass is 16.5. The number of hydrogen-bond acceptors (Lipinski definition) is 3. The zero-order valence-corrected chi connectivity index (χ0v) is 10.5. The van der Waals surface area contributed by atoms with E-state index in [1.165, 1.54) is 5.56 Å². The lowest BCUT2D eigenvalue weighted by molar-refractivity contribution is -0.151. The lowest BCUT2D eigenvalue weighted by Crippen LogP contribution is -2.45. The lowest BCUT2D eigenvalue weighted by Gasteiger charge is -2.27. The Balaban J connectivity index is 2.37. The van der Waals surface area contributed by atoms with Crippen molar-refractivity contribution in [3.63, 3.8) is 0 Å². The van der Waals surface area contributed by atoms with Crippen molar-refractivity contribution in [2.45, 2.75) is 32.2 Å². The van der Waals surface area contributed by atoms with E-state index in [9.17, 15) is 4.79 Å². The van der Waals surface area contributed by atoms with Gasteiger partial charge >= 0.3 is 5.97 Å². The van der Waals surface area contributed by atoms with Gasteiger partial charge in [0.15, 0.2) is 0 Å². The highest BCUT2D eigenvalue weighted by Crippen LogP contribution is 2.32. The van der Waals surface area contributed by atoms with Crippen LogP contribution in [-0.4, -0.2) is 19.1 Å². The fourth-order valence-corrected chi connectivity index (χ4v) is 2.45. The molecule has 92 valence electrons. The van der Waals surface area contributed by atoms with Crippen LogP contribution < -0.4 is 5.32 Å². The van der Waals surface area contributed by atoms with Crippen molar-refractivity contribution in [2.75, 3.05) is 13.2 Å². The molecule has 17 heavy (non-hydrogen) atoms. The average molecular weight is 233 g/mol. The molecule has 1 aliphatic heterocycles. The summed E-state index contributed by atoms with van der Waals surface area (Å²) in [6.45, 7) is 5.18. The Morgan fingerprint density at radius 3 is 2.94 bits per heavy atom. The van der Waals surface area contributed by atoms with Crippen molar-refractivity contribution in [2.24, 2.45) is 0 Å². The van der Waals surface area contributed by atoms with Crippen molar-refractivity contribution >= 4 is 5.97 Å². The smallest absolute Gasteiger partial charge is 0.330 e. The lowest BCUT2D eigenvalue weighted by atomic mass is 9.87. The molecule has 1 N–H and O–H groups in total. The van der Waals surface area contributed by atoms with Gasteiger partial charge in [-0.3, -0.25) is 5.32 Å². The van der Waals surface area contributed by atoms with Crippen molar-refractivity contribution < 1.29 is 9.53 Å². The number of nitrogens with one attached hydrogen (secondary N) is 1. The first-order valence-electron chi connectivity index (χ1n) is 6.18. The highest BCUT2D eigenvalue weighted by Gasteiger charge is 2.43. The standard InChI is InChI=1S/C14H19NO2/c1-3-17-13(16)14(8-5-9-15-14)12-7-4-6-11(2)10-12/h4,6-7,10,15H,3,5,8-9H2,1-2H3. The number of rotatable bonds is 3. The molecule has 3 nitrogen and oxygen atoms in total. The van der Waals surface area contributed by atoms with Gasteiger partial charge in [0.1, 0.15) is 5.54 Å².